The molecule has 4 heteroatoms. The quantitative estimate of drug-likeness (QED) is 0.678. The smallest absolute Gasteiger partial charge is 0.255 e. The highest BCUT2D eigenvalue weighted by molar-refractivity contribution is 6.01. The lowest BCUT2D eigenvalue weighted by molar-refractivity contribution is -0.254. The molecule has 0 aliphatic carbocycles. The predicted molar refractivity (Wildman–Crippen MR) is 48.9 cm³/mol. The number of aromatic carboxylic acids is 1. The number of benzene rings is 1. The van der Waals surface area contributed by atoms with E-state index in [4.69, 9.17) is 0 Å². The molecule has 0 aliphatic heterocycles. The lowest BCUT2D eigenvalue weighted by Crippen LogP contribution is -2.24. The number of pyridine rings is 1. The molecule has 2 aromatic rings. The maximum Gasteiger partial charge on any atom is 0.255 e. The van der Waals surface area contributed by atoms with Crippen LogP contribution in [-0.4, -0.2) is 11.0 Å². The van der Waals surface area contributed by atoms with E-state index < -0.39 is 5.97 Å². The first-order chi connectivity index (χ1) is 6.70. The number of hydrogen-bond acceptors (Lipinski definition) is 3. The van der Waals surface area contributed by atoms with Crippen LogP contribution < -0.4 is 10.7 Å². The lowest BCUT2D eigenvalue weighted by Gasteiger charge is -2.05. The van der Waals surface area contributed by atoms with Crippen molar-refractivity contribution in [3.8, 4) is 0 Å². The van der Waals surface area contributed by atoms with E-state index in [0.29, 0.717) is 10.8 Å². The Kier molecular flexibility index (Phi) is 1.81. The normalized spacial score (nSPS) is 10.3. The first-order valence-corrected chi connectivity index (χ1v) is 4.02. The summed E-state index contributed by atoms with van der Waals surface area (Å²) in [4.78, 5) is 24.3. The van der Waals surface area contributed by atoms with E-state index in [0.717, 1.165) is 6.20 Å². The van der Waals surface area contributed by atoms with Gasteiger partial charge in [0.1, 0.15) is 0 Å². The van der Waals surface area contributed by atoms with Crippen molar-refractivity contribution < 1.29 is 9.90 Å². The molecule has 4 nitrogen and oxygen atoms in total. The van der Waals surface area contributed by atoms with E-state index in [1.165, 1.54) is 0 Å². The molecule has 0 bridgehead atoms. The van der Waals surface area contributed by atoms with Crippen LogP contribution in [0, 0.1) is 0 Å². The summed E-state index contributed by atoms with van der Waals surface area (Å²) in [7, 11) is 0. The average Bonchev–Trinajstić information content (AvgIpc) is 2.18. The SMILES string of the molecule is O=C([O-])c1c[nH]c(=O)c2ccccc12. The van der Waals surface area contributed by atoms with Crippen LogP contribution in [0.1, 0.15) is 10.4 Å². The zero-order valence-electron chi connectivity index (χ0n) is 7.11. The monoisotopic (exact) mass is 188 g/mol. The Morgan fingerprint density at radius 1 is 1.21 bits per heavy atom. The van der Waals surface area contributed by atoms with Gasteiger partial charge in [-0.05, 0) is 11.5 Å². The minimum absolute atomic E-state index is 0.000185. The predicted octanol–water partition coefficient (Wildman–Crippen LogP) is -0.108. The highest BCUT2D eigenvalue weighted by Crippen LogP contribution is 2.12. The summed E-state index contributed by atoms with van der Waals surface area (Å²) in [5.41, 5.74) is -0.300. The van der Waals surface area contributed by atoms with Gasteiger partial charge >= 0.3 is 0 Å². The fourth-order valence-electron chi connectivity index (χ4n) is 1.38. The fraction of sp³-hybridized carbons (Fsp3) is 0. The van der Waals surface area contributed by atoms with E-state index in [9.17, 15) is 14.7 Å². The molecule has 14 heavy (non-hydrogen) atoms. The second kappa shape index (κ2) is 2.99. The molecule has 0 unspecified atom stereocenters. The third-order valence-electron chi connectivity index (χ3n) is 2.03. The summed E-state index contributed by atoms with van der Waals surface area (Å²) < 4.78 is 0. The van der Waals surface area contributed by atoms with Gasteiger partial charge in [-0.3, -0.25) is 4.79 Å². The lowest BCUT2D eigenvalue weighted by atomic mass is 10.1. The number of hydrogen-bond donors (Lipinski definition) is 1. The molecule has 1 heterocycles. The maximum absolute atomic E-state index is 11.3. The number of aromatic amines is 1. The van der Waals surface area contributed by atoms with Gasteiger partial charge in [0.15, 0.2) is 0 Å². The minimum Gasteiger partial charge on any atom is -0.545 e. The van der Waals surface area contributed by atoms with Gasteiger partial charge in [-0.1, -0.05) is 18.2 Å². The van der Waals surface area contributed by atoms with Crippen LogP contribution in [0.25, 0.3) is 10.8 Å². The molecule has 0 radical (unpaired) electrons. The maximum atomic E-state index is 11.3. The summed E-state index contributed by atoms with van der Waals surface area (Å²) in [5.74, 6) is -1.29. The summed E-state index contributed by atoms with van der Waals surface area (Å²) in [6.07, 6.45) is 1.15. The number of carboxylic acids is 1. The number of nitrogens with one attached hydrogen (secondary N) is 1. The molecule has 0 aliphatic rings. The number of rotatable bonds is 1. The van der Waals surface area contributed by atoms with Gasteiger partial charge in [-0.15, -0.1) is 0 Å². The van der Waals surface area contributed by atoms with Crippen molar-refractivity contribution >= 4 is 16.7 Å². The third kappa shape index (κ3) is 1.17. The van der Waals surface area contributed by atoms with Gasteiger partial charge in [0.2, 0.25) is 0 Å². The van der Waals surface area contributed by atoms with Crippen molar-refractivity contribution in [2.24, 2.45) is 0 Å². The van der Waals surface area contributed by atoms with Crippen LogP contribution in [0.2, 0.25) is 0 Å². The molecule has 0 atom stereocenters. The molecule has 1 aromatic heterocycles. The number of carbonyl (C=O) groups is 1. The van der Waals surface area contributed by atoms with Crippen LogP contribution >= 0.6 is 0 Å². The van der Waals surface area contributed by atoms with Gasteiger partial charge < -0.3 is 14.9 Å². The number of aromatic nitrogens is 1. The highest BCUT2D eigenvalue weighted by atomic mass is 16.4. The third-order valence-corrected chi connectivity index (χ3v) is 2.03. The average molecular weight is 188 g/mol. The Hall–Kier alpha value is -2.10. The van der Waals surface area contributed by atoms with Crippen molar-refractivity contribution in [3.05, 3.63) is 46.4 Å². The second-order valence-corrected chi connectivity index (χ2v) is 2.86. The van der Waals surface area contributed by atoms with Gasteiger partial charge in [0, 0.05) is 17.1 Å². The number of fused-ring (bicyclic) bond motifs is 1. The van der Waals surface area contributed by atoms with E-state index in [2.05, 4.69) is 4.98 Å². The zero-order valence-corrected chi connectivity index (χ0v) is 7.11. The Morgan fingerprint density at radius 3 is 2.50 bits per heavy atom. The summed E-state index contributed by atoms with van der Waals surface area (Å²) in [6.45, 7) is 0. The fourth-order valence-corrected chi connectivity index (χ4v) is 1.38. The van der Waals surface area contributed by atoms with E-state index in [-0.39, 0.29) is 11.1 Å². The molecular formula is C10H6NO3-. The summed E-state index contributed by atoms with van der Waals surface area (Å²) in [6, 6.07) is 6.50. The topological polar surface area (TPSA) is 73.0 Å². The van der Waals surface area contributed by atoms with Gasteiger partial charge in [0.05, 0.1) is 5.97 Å². The Labute approximate surface area is 78.8 Å². The highest BCUT2D eigenvalue weighted by Gasteiger charge is 2.03. The number of carboxylic acid groups (broad SMARTS) is 1. The Balaban J connectivity index is 2.96. The van der Waals surface area contributed by atoms with Crippen LogP contribution in [0.15, 0.2) is 35.3 Å². The van der Waals surface area contributed by atoms with Crippen molar-refractivity contribution in [2.75, 3.05) is 0 Å². The number of H-pyrrole nitrogens is 1. The van der Waals surface area contributed by atoms with Crippen molar-refractivity contribution in [3.63, 3.8) is 0 Å². The zero-order chi connectivity index (χ0) is 10.1. The Bertz CT molecular complexity index is 557. The number of carbonyl (C=O) groups excluding carboxylic acids is 1. The molecule has 0 fully saturated rings. The molecular weight excluding hydrogens is 182 g/mol. The van der Waals surface area contributed by atoms with Gasteiger partial charge in [-0.25, -0.2) is 0 Å². The Morgan fingerprint density at radius 2 is 1.86 bits per heavy atom. The molecule has 0 spiro atoms. The molecule has 0 saturated carbocycles. The molecule has 0 amide bonds. The largest absolute Gasteiger partial charge is 0.545 e. The van der Waals surface area contributed by atoms with E-state index in [1.807, 2.05) is 0 Å². The van der Waals surface area contributed by atoms with Crippen LogP contribution in [0.5, 0.6) is 0 Å². The first kappa shape index (κ1) is 8.50. The van der Waals surface area contributed by atoms with Crippen molar-refractivity contribution in [1.82, 2.24) is 4.98 Å². The van der Waals surface area contributed by atoms with Crippen molar-refractivity contribution in [1.29, 1.82) is 0 Å². The van der Waals surface area contributed by atoms with Crippen LogP contribution in [0.4, 0.5) is 0 Å². The molecule has 70 valence electrons. The second-order valence-electron chi connectivity index (χ2n) is 2.86. The molecule has 0 saturated heterocycles. The van der Waals surface area contributed by atoms with Crippen LogP contribution in [0.3, 0.4) is 0 Å². The van der Waals surface area contributed by atoms with E-state index >= 15 is 0 Å². The minimum atomic E-state index is -1.29. The molecule has 2 rings (SSSR count). The van der Waals surface area contributed by atoms with Crippen LogP contribution in [-0.2, 0) is 0 Å². The van der Waals surface area contributed by atoms with Gasteiger partial charge in [-0.2, -0.15) is 0 Å². The first-order valence-electron chi connectivity index (χ1n) is 4.02. The van der Waals surface area contributed by atoms with Crippen molar-refractivity contribution in [2.45, 2.75) is 0 Å². The summed E-state index contributed by atoms with van der Waals surface area (Å²) >= 11 is 0. The molecule has 1 aromatic carbocycles. The molecule has 1 N–H and O–H groups in total. The standard InChI is InChI=1S/C10H7NO3/c12-9-7-4-2-1-3-6(7)8(5-11-9)10(13)14/h1-5H,(H,11,12)(H,13,14)/p-1. The van der Waals surface area contributed by atoms with E-state index in [1.54, 1.807) is 24.3 Å². The summed E-state index contributed by atoms with van der Waals surface area (Å²) in [5, 5.41) is 11.4. The van der Waals surface area contributed by atoms with Gasteiger partial charge in [0.25, 0.3) is 5.56 Å².